The number of H-pyrrole nitrogens is 1. The van der Waals surface area contributed by atoms with Crippen molar-refractivity contribution in [2.45, 2.75) is 18.4 Å². The lowest BCUT2D eigenvalue weighted by Gasteiger charge is -2.06. The molecule has 21 heavy (non-hydrogen) atoms. The van der Waals surface area contributed by atoms with E-state index in [-0.39, 0.29) is 11.6 Å². The summed E-state index contributed by atoms with van der Waals surface area (Å²) in [5.74, 6) is 5.84. The van der Waals surface area contributed by atoms with Crippen LogP contribution in [0.5, 0.6) is 0 Å². The van der Waals surface area contributed by atoms with E-state index in [1.54, 1.807) is 24.3 Å². The van der Waals surface area contributed by atoms with Gasteiger partial charge in [-0.3, -0.25) is 4.72 Å². The monoisotopic (exact) mass is 305 g/mol. The second kappa shape index (κ2) is 6.43. The third kappa shape index (κ3) is 3.84. The molecule has 0 fully saturated rings. The maximum absolute atomic E-state index is 12.2. The van der Waals surface area contributed by atoms with Crippen molar-refractivity contribution in [2.75, 3.05) is 11.3 Å². The zero-order valence-corrected chi connectivity index (χ0v) is 12.2. The second-order valence-corrected chi connectivity index (χ2v) is 5.84. The van der Waals surface area contributed by atoms with Crippen LogP contribution in [0.25, 0.3) is 0 Å². The summed E-state index contributed by atoms with van der Waals surface area (Å²) in [4.78, 5) is 6.73. The van der Waals surface area contributed by atoms with E-state index in [1.165, 1.54) is 6.20 Å². The molecule has 0 aliphatic rings. The predicted molar refractivity (Wildman–Crippen MR) is 79.2 cm³/mol. The van der Waals surface area contributed by atoms with Crippen LogP contribution in [-0.2, 0) is 16.4 Å². The van der Waals surface area contributed by atoms with Crippen LogP contribution in [0.15, 0.2) is 35.5 Å². The van der Waals surface area contributed by atoms with Gasteiger partial charge in [0, 0.05) is 12.0 Å². The number of hydrogen-bond donors (Lipinski definition) is 3. The van der Waals surface area contributed by atoms with Gasteiger partial charge in [-0.05, 0) is 18.2 Å². The zero-order valence-electron chi connectivity index (χ0n) is 11.4. The van der Waals surface area contributed by atoms with E-state index >= 15 is 0 Å². The van der Waals surface area contributed by atoms with Crippen molar-refractivity contribution in [3.63, 3.8) is 0 Å². The lowest BCUT2D eigenvalue weighted by atomic mass is 10.2. The Bertz CT molecular complexity index is 785. The summed E-state index contributed by atoms with van der Waals surface area (Å²) >= 11 is 0. The third-order valence-electron chi connectivity index (χ3n) is 2.66. The second-order valence-electron chi connectivity index (χ2n) is 4.19. The molecule has 1 aromatic carbocycles. The highest BCUT2D eigenvalue weighted by Gasteiger charge is 2.17. The predicted octanol–water partition coefficient (Wildman–Crippen LogP) is 1.12. The zero-order chi connectivity index (χ0) is 15.3. The summed E-state index contributed by atoms with van der Waals surface area (Å²) in [7, 11) is -3.71. The van der Waals surface area contributed by atoms with Crippen LogP contribution in [0.2, 0.25) is 0 Å². The molecule has 0 bridgehead atoms. The maximum Gasteiger partial charge on any atom is 0.278 e. The van der Waals surface area contributed by atoms with Crippen molar-refractivity contribution in [1.29, 1.82) is 0 Å². The molecule has 0 unspecified atom stereocenters. The Morgan fingerprint density at radius 2 is 2.24 bits per heavy atom. The van der Waals surface area contributed by atoms with Gasteiger partial charge < -0.3 is 10.1 Å². The van der Waals surface area contributed by atoms with E-state index in [0.29, 0.717) is 23.5 Å². The molecule has 0 saturated carbocycles. The Morgan fingerprint density at radius 3 is 2.90 bits per heavy atom. The van der Waals surface area contributed by atoms with Gasteiger partial charge >= 0.3 is 0 Å². The Balaban J connectivity index is 2.24. The van der Waals surface area contributed by atoms with Crippen molar-refractivity contribution >= 4 is 15.7 Å². The number of aryl methyl sites for hydroxylation is 1. The largest absolute Gasteiger partial charge is 0.384 e. The number of benzene rings is 1. The van der Waals surface area contributed by atoms with Gasteiger partial charge in [0.05, 0.1) is 11.9 Å². The molecule has 0 spiro atoms. The van der Waals surface area contributed by atoms with E-state index in [9.17, 15) is 8.42 Å². The molecule has 3 N–H and O–H groups in total. The van der Waals surface area contributed by atoms with Gasteiger partial charge in [-0.25, -0.2) is 4.98 Å². The molecular weight excluding hydrogens is 290 g/mol. The molecule has 0 radical (unpaired) electrons. The molecule has 0 amide bonds. The minimum atomic E-state index is -3.71. The lowest BCUT2D eigenvalue weighted by Crippen LogP contribution is -2.13. The fraction of sp³-hybridized carbons (Fsp3) is 0.214. The Morgan fingerprint density at radius 1 is 1.43 bits per heavy atom. The number of nitrogens with one attached hydrogen (secondary N) is 2. The molecule has 0 aliphatic carbocycles. The molecule has 6 nitrogen and oxygen atoms in total. The Labute approximate surface area is 123 Å². The number of nitrogens with zero attached hydrogens (tertiary/aromatic N) is 1. The molecular formula is C14H15N3O3S. The summed E-state index contributed by atoms with van der Waals surface area (Å²) < 4.78 is 26.9. The molecule has 1 aromatic heterocycles. The molecule has 110 valence electrons. The first kappa shape index (κ1) is 15.1. The molecule has 2 aromatic rings. The minimum Gasteiger partial charge on any atom is -0.384 e. The maximum atomic E-state index is 12.2. The van der Waals surface area contributed by atoms with E-state index in [2.05, 4.69) is 26.5 Å². The van der Waals surface area contributed by atoms with Crippen LogP contribution in [0, 0.1) is 11.8 Å². The summed E-state index contributed by atoms with van der Waals surface area (Å²) in [6, 6.07) is 6.63. The smallest absolute Gasteiger partial charge is 0.278 e. The molecule has 7 heteroatoms. The number of rotatable bonds is 4. The molecule has 0 saturated heterocycles. The van der Waals surface area contributed by atoms with Crippen LogP contribution in [0.1, 0.15) is 18.3 Å². The molecule has 0 aliphatic heterocycles. The first-order chi connectivity index (χ1) is 10.0. The number of sulfonamides is 1. The van der Waals surface area contributed by atoms with Gasteiger partial charge in [0.15, 0.2) is 5.03 Å². The minimum absolute atomic E-state index is 0.0196. The quantitative estimate of drug-likeness (QED) is 0.738. The topological polar surface area (TPSA) is 95.1 Å². The first-order valence-electron chi connectivity index (χ1n) is 6.31. The Kier molecular flexibility index (Phi) is 4.62. The average Bonchev–Trinajstić information content (AvgIpc) is 2.95. The molecule has 1 heterocycles. The van der Waals surface area contributed by atoms with E-state index in [4.69, 9.17) is 5.11 Å². The van der Waals surface area contributed by atoms with Gasteiger partial charge in [0.2, 0.25) is 0 Å². The van der Waals surface area contributed by atoms with Crippen LogP contribution in [0.4, 0.5) is 5.69 Å². The summed E-state index contributed by atoms with van der Waals surface area (Å²) in [5.41, 5.74) is 1.01. The average molecular weight is 305 g/mol. The molecule has 2 rings (SSSR count). The number of hydrogen-bond acceptors (Lipinski definition) is 4. The van der Waals surface area contributed by atoms with Gasteiger partial charge in [0.25, 0.3) is 10.0 Å². The van der Waals surface area contributed by atoms with Crippen LogP contribution in [-0.4, -0.2) is 30.1 Å². The number of imidazole rings is 1. The van der Waals surface area contributed by atoms with E-state index < -0.39 is 10.0 Å². The standard InChI is InChI=1S/C14H15N3O3S/c1-2-13-15-10-14(16-13)21(19,20)17-12-7-3-5-11(9-12)6-4-8-18/h3,5,7,9-10,17-18H,2,8H2,1H3,(H,15,16). The summed E-state index contributed by atoms with van der Waals surface area (Å²) in [6.07, 6.45) is 1.92. The number of aromatic nitrogens is 2. The van der Waals surface area contributed by atoms with Crippen molar-refractivity contribution in [3.8, 4) is 11.8 Å². The van der Waals surface area contributed by atoms with Crippen molar-refractivity contribution in [2.24, 2.45) is 0 Å². The van der Waals surface area contributed by atoms with E-state index in [0.717, 1.165) is 0 Å². The number of anilines is 1. The summed E-state index contributed by atoms with van der Waals surface area (Å²) in [6.45, 7) is 1.63. The lowest BCUT2D eigenvalue weighted by molar-refractivity contribution is 0.350. The van der Waals surface area contributed by atoms with Crippen LogP contribution in [0.3, 0.4) is 0 Å². The van der Waals surface area contributed by atoms with E-state index in [1.807, 2.05) is 6.92 Å². The van der Waals surface area contributed by atoms with Gasteiger partial charge in [-0.1, -0.05) is 24.8 Å². The van der Waals surface area contributed by atoms with Crippen LogP contribution < -0.4 is 4.72 Å². The molecule has 0 atom stereocenters. The number of aromatic amines is 1. The number of aliphatic hydroxyl groups is 1. The first-order valence-corrected chi connectivity index (χ1v) is 7.80. The number of aliphatic hydroxyl groups excluding tert-OH is 1. The highest BCUT2D eigenvalue weighted by molar-refractivity contribution is 7.92. The fourth-order valence-corrected chi connectivity index (χ4v) is 2.66. The van der Waals surface area contributed by atoms with Gasteiger partial charge in [0.1, 0.15) is 12.4 Å². The van der Waals surface area contributed by atoms with Crippen LogP contribution >= 0.6 is 0 Å². The van der Waals surface area contributed by atoms with Gasteiger partial charge in [-0.2, -0.15) is 8.42 Å². The Hall–Kier alpha value is -2.30. The third-order valence-corrected chi connectivity index (χ3v) is 3.95. The fourth-order valence-electron chi connectivity index (χ4n) is 1.67. The normalized spacial score (nSPS) is 10.8. The summed E-state index contributed by atoms with van der Waals surface area (Å²) in [5, 5.41) is 8.68. The SMILES string of the molecule is CCc1ncc(S(=O)(=O)Nc2cccc(C#CCO)c2)[nH]1. The highest BCUT2D eigenvalue weighted by atomic mass is 32.2. The van der Waals surface area contributed by atoms with Crippen molar-refractivity contribution < 1.29 is 13.5 Å². The van der Waals surface area contributed by atoms with Gasteiger partial charge in [-0.15, -0.1) is 0 Å². The van der Waals surface area contributed by atoms with Crippen molar-refractivity contribution in [1.82, 2.24) is 9.97 Å². The highest BCUT2D eigenvalue weighted by Crippen LogP contribution is 2.16. The van der Waals surface area contributed by atoms with Crippen molar-refractivity contribution in [3.05, 3.63) is 41.9 Å².